The van der Waals surface area contributed by atoms with Crippen LogP contribution < -0.4 is 5.32 Å². The zero-order chi connectivity index (χ0) is 16.0. The van der Waals surface area contributed by atoms with Crippen molar-refractivity contribution in [3.8, 4) is 0 Å². The number of hydrogen-bond donors (Lipinski definition) is 1. The molecule has 0 spiro atoms. The fraction of sp³-hybridized carbons (Fsp3) is 0.632. The van der Waals surface area contributed by atoms with Gasteiger partial charge in [0.05, 0.1) is 5.92 Å². The first-order valence-electron chi connectivity index (χ1n) is 8.47. The summed E-state index contributed by atoms with van der Waals surface area (Å²) in [5, 5.41) is 3.21. The number of carbonyl (C=O) groups is 1. The van der Waals surface area contributed by atoms with E-state index in [0.29, 0.717) is 17.9 Å². The number of aryl methyl sites for hydroxylation is 2. The molecule has 2 saturated heterocycles. The Morgan fingerprint density at radius 2 is 2.00 bits per heavy atom. The third-order valence-corrected chi connectivity index (χ3v) is 6.02. The molecule has 1 aliphatic carbocycles. The number of nitrogens with zero attached hydrogens (tertiary/aromatic N) is 1. The fourth-order valence-electron chi connectivity index (χ4n) is 4.61. The summed E-state index contributed by atoms with van der Waals surface area (Å²) in [6, 6.07) is 6.63. The lowest BCUT2D eigenvalue weighted by Gasteiger charge is -2.54. The van der Waals surface area contributed by atoms with Gasteiger partial charge in [-0.25, -0.2) is 0 Å². The molecule has 2 aliphatic heterocycles. The smallest absolute Gasteiger partial charge is 0.229 e. The molecular formula is C19H28N2O. The Bertz CT molecular complexity index is 583. The Morgan fingerprint density at radius 1 is 1.27 bits per heavy atom. The Kier molecular flexibility index (Phi) is 4.02. The van der Waals surface area contributed by atoms with Crippen LogP contribution in [0, 0.1) is 37.5 Å². The third kappa shape index (κ3) is 2.56. The van der Waals surface area contributed by atoms with E-state index in [9.17, 15) is 4.79 Å². The van der Waals surface area contributed by atoms with Crippen molar-refractivity contribution in [3.05, 3.63) is 29.3 Å². The summed E-state index contributed by atoms with van der Waals surface area (Å²) in [6.45, 7) is 9.88. The van der Waals surface area contributed by atoms with E-state index in [-0.39, 0.29) is 11.8 Å². The SMILES string of the molecule is Cc1ccc(C)c(NC(=O)[C@@H]2[C@@H](C)[C@H]3CN(C)[C@@H]2C[C@H]3C)c1. The second-order valence-electron chi connectivity index (χ2n) is 7.58. The van der Waals surface area contributed by atoms with Gasteiger partial charge in [0.25, 0.3) is 0 Å². The number of piperidine rings is 2. The number of hydrogen-bond acceptors (Lipinski definition) is 2. The highest BCUT2D eigenvalue weighted by Crippen LogP contribution is 2.46. The molecule has 1 amide bonds. The number of amides is 1. The van der Waals surface area contributed by atoms with Gasteiger partial charge in [-0.3, -0.25) is 4.79 Å². The summed E-state index contributed by atoms with van der Waals surface area (Å²) in [4.78, 5) is 15.3. The van der Waals surface area contributed by atoms with Gasteiger partial charge in [0.1, 0.15) is 0 Å². The quantitative estimate of drug-likeness (QED) is 0.907. The fourth-order valence-corrected chi connectivity index (χ4v) is 4.61. The zero-order valence-corrected chi connectivity index (χ0v) is 14.4. The molecule has 22 heavy (non-hydrogen) atoms. The molecular weight excluding hydrogens is 272 g/mol. The molecule has 3 aliphatic rings. The van der Waals surface area contributed by atoms with E-state index in [4.69, 9.17) is 0 Å². The molecule has 1 aromatic carbocycles. The van der Waals surface area contributed by atoms with Crippen molar-refractivity contribution in [1.82, 2.24) is 4.90 Å². The number of benzene rings is 1. The van der Waals surface area contributed by atoms with Crippen LogP contribution in [-0.4, -0.2) is 30.4 Å². The van der Waals surface area contributed by atoms with E-state index in [0.717, 1.165) is 30.1 Å². The Hall–Kier alpha value is -1.35. The van der Waals surface area contributed by atoms with Gasteiger partial charge in [0.15, 0.2) is 0 Å². The molecule has 1 aromatic rings. The molecule has 0 radical (unpaired) electrons. The van der Waals surface area contributed by atoms with E-state index in [2.05, 4.69) is 63.2 Å². The standard InChI is InChI=1S/C19H28N2O/c1-11-6-7-12(2)16(8-11)20-19(22)18-14(4)15-10-21(5)17(18)9-13(15)3/h6-8,13-15,17-18H,9-10H2,1-5H3,(H,20,22)/t13-,14+,15+,17-,18-/m1/s1. The Labute approximate surface area is 134 Å². The number of nitrogens with one attached hydrogen (secondary N) is 1. The second-order valence-corrected chi connectivity index (χ2v) is 7.58. The molecule has 1 N–H and O–H groups in total. The highest BCUT2D eigenvalue weighted by atomic mass is 16.2. The van der Waals surface area contributed by atoms with E-state index >= 15 is 0 Å². The molecule has 3 fully saturated rings. The normalized spacial score (nSPS) is 34.7. The van der Waals surface area contributed by atoms with Gasteiger partial charge in [-0.15, -0.1) is 0 Å². The molecule has 120 valence electrons. The van der Waals surface area contributed by atoms with Crippen LogP contribution >= 0.6 is 0 Å². The van der Waals surface area contributed by atoms with Crippen molar-refractivity contribution in [2.24, 2.45) is 23.7 Å². The van der Waals surface area contributed by atoms with Crippen molar-refractivity contribution in [2.45, 2.75) is 40.2 Å². The minimum atomic E-state index is 0.111. The van der Waals surface area contributed by atoms with Crippen molar-refractivity contribution in [3.63, 3.8) is 0 Å². The molecule has 3 nitrogen and oxygen atoms in total. The van der Waals surface area contributed by atoms with Crippen LogP contribution in [0.4, 0.5) is 5.69 Å². The Balaban J connectivity index is 1.81. The van der Waals surface area contributed by atoms with Crippen molar-refractivity contribution in [1.29, 1.82) is 0 Å². The van der Waals surface area contributed by atoms with Gasteiger partial charge in [0.2, 0.25) is 5.91 Å². The van der Waals surface area contributed by atoms with Crippen LogP contribution in [0.25, 0.3) is 0 Å². The molecule has 0 unspecified atom stereocenters. The van der Waals surface area contributed by atoms with Crippen LogP contribution in [0.1, 0.15) is 31.4 Å². The van der Waals surface area contributed by atoms with Crippen molar-refractivity contribution in [2.75, 3.05) is 18.9 Å². The van der Waals surface area contributed by atoms with Gasteiger partial charge in [0, 0.05) is 18.3 Å². The maximum atomic E-state index is 12.9. The molecule has 1 saturated carbocycles. The first kappa shape index (κ1) is 15.5. The van der Waals surface area contributed by atoms with E-state index in [1.54, 1.807) is 0 Å². The first-order valence-corrected chi connectivity index (χ1v) is 8.47. The van der Waals surface area contributed by atoms with Crippen molar-refractivity contribution >= 4 is 11.6 Å². The summed E-state index contributed by atoms with van der Waals surface area (Å²) >= 11 is 0. The summed E-state index contributed by atoms with van der Waals surface area (Å²) in [6.07, 6.45) is 1.15. The minimum absolute atomic E-state index is 0.111. The highest BCUT2D eigenvalue weighted by molar-refractivity contribution is 5.94. The van der Waals surface area contributed by atoms with Crippen LogP contribution in [0.2, 0.25) is 0 Å². The van der Waals surface area contributed by atoms with Gasteiger partial charge in [-0.05, 0) is 62.3 Å². The molecule has 3 heteroatoms. The lowest BCUT2D eigenvalue weighted by molar-refractivity contribution is -0.134. The largest absolute Gasteiger partial charge is 0.326 e. The highest BCUT2D eigenvalue weighted by Gasteiger charge is 2.50. The van der Waals surface area contributed by atoms with Crippen molar-refractivity contribution < 1.29 is 4.79 Å². The summed E-state index contributed by atoms with van der Waals surface area (Å²) in [5.41, 5.74) is 3.29. The average molecular weight is 300 g/mol. The molecule has 0 aromatic heterocycles. The number of anilines is 1. The zero-order valence-electron chi connectivity index (χ0n) is 14.4. The maximum absolute atomic E-state index is 12.9. The van der Waals surface area contributed by atoms with Gasteiger partial charge in [-0.2, -0.15) is 0 Å². The predicted molar refractivity (Wildman–Crippen MR) is 90.9 cm³/mol. The maximum Gasteiger partial charge on any atom is 0.229 e. The van der Waals surface area contributed by atoms with Crippen LogP contribution in [0.15, 0.2) is 18.2 Å². The lowest BCUT2D eigenvalue weighted by atomic mass is 9.61. The van der Waals surface area contributed by atoms with E-state index in [1.165, 1.54) is 5.56 Å². The number of rotatable bonds is 2. The lowest BCUT2D eigenvalue weighted by Crippen LogP contribution is -2.61. The van der Waals surface area contributed by atoms with Crippen LogP contribution in [0.3, 0.4) is 0 Å². The van der Waals surface area contributed by atoms with Crippen LogP contribution in [0.5, 0.6) is 0 Å². The molecule has 2 heterocycles. The van der Waals surface area contributed by atoms with Gasteiger partial charge in [-0.1, -0.05) is 26.0 Å². The first-order chi connectivity index (χ1) is 10.4. The molecule has 4 rings (SSSR count). The topological polar surface area (TPSA) is 32.3 Å². The average Bonchev–Trinajstić information content (AvgIpc) is 2.45. The summed E-state index contributed by atoms with van der Waals surface area (Å²) in [7, 11) is 2.17. The summed E-state index contributed by atoms with van der Waals surface area (Å²) in [5.74, 6) is 2.16. The molecule has 5 atom stereocenters. The number of fused-ring (bicyclic) bond motifs is 3. The van der Waals surface area contributed by atoms with E-state index < -0.39 is 0 Å². The predicted octanol–water partition coefficient (Wildman–Crippen LogP) is 3.46. The number of carbonyl (C=O) groups excluding carboxylic acids is 1. The van der Waals surface area contributed by atoms with Crippen LogP contribution in [-0.2, 0) is 4.79 Å². The van der Waals surface area contributed by atoms with E-state index in [1.807, 2.05) is 0 Å². The monoisotopic (exact) mass is 300 g/mol. The van der Waals surface area contributed by atoms with Gasteiger partial charge < -0.3 is 10.2 Å². The third-order valence-electron chi connectivity index (χ3n) is 6.02. The second kappa shape index (κ2) is 5.69. The van der Waals surface area contributed by atoms with Gasteiger partial charge >= 0.3 is 0 Å². The Morgan fingerprint density at radius 3 is 2.73 bits per heavy atom. The summed E-state index contributed by atoms with van der Waals surface area (Å²) < 4.78 is 0. The minimum Gasteiger partial charge on any atom is -0.326 e. The molecule has 2 bridgehead atoms.